The molecule has 1 unspecified atom stereocenters. The van der Waals surface area contributed by atoms with Crippen LogP contribution >= 0.6 is 0 Å². The van der Waals surface area contributed by atoms with Crippen LogP contribution in [0.3, 0.4) is 0 Å². The molecule has 1 aliphatic heterocycles. The molecule has 1 aromatic heterocycles. The van der Waals surface area contributed by atoms with Gasteiger partial charge in [0.25, 0.3) is 0 Å². The highest BCUT2D eigenvalue weighted by molar-refractivity contribution is 6.00. The molecule has 1 aromatic rings. The highest BCUT2D eigenvalue weighted by atomic mass is 16.2. The van der Waals surface area contributed by atoms with Gasteiger partial charge in [0, 0.05) is 13.1 Å². The van der Waals surface area contributed by atoms with Crippen molar-refractivity contribution in [1.29, 1.82) is 0 Å². The van der Waals surface area contributed by atoms with Gasteiger partial charge in [-0.15, -0.1) is 0 Å². The number of carbonyl (C=O) groups is 2. The maximum atomic E-state index is 11.6. The third-order valence-corrected chi connectivity index (χ3v) is 3.07. The van der Waals surface area contributed by atoms with Gasteiger partial charge < -0.3 is 5.32 Å². The predicted molar refractivity (Wildman–Crippen MR) is 71.4 cm³/mol. The van der Waals surface area contributed by atoms with Gasteiger partial charge in [-0.1, -0.05) is 6.07 Å². The number of carbonyl (C=O) groups excluding carboxylic acids is 2. The fourth-order valence-corrected chi connectivity index (χ4v) is 2.02. The molecule has 1 atom stereocenters. The first-order valence-corrected chi connectivity index (χ1v) is 6.37. The van der Waals surface area contributed by atoms with Gasteiger partial charge in [0.05, 0.1) is 18.3 Å². The Kier molecular flexibility index (Phi) is 4.11. The SMILES string of the molecule is CCNc1cccc(CN2CC(=O)NC(=O)C2C)n1. The fraction of sp³-hybridized carbons (Fsp3) is 0.462. The van der Waals surface area contributed by atoms with Crippen LogP contribution in [0.4, 0.5) is 5.82 Å². The molecule has 19 heavy (non-hydrogen) atoms. The Morgan fingerprint density at radius 3 is 3.00 bits per heavy atom. The van der Waals surface area contributed by atoms with Crippen molar-refractivity contribution >= 4 is 17.6 Å². The largest absolute Gasteiger partial charge is 0.370 e. The van der Waals surface area contributed by atoms with E-state index in [-0.39, 0.29) is 24.4 Å². The third kappa shape index (κ3) is 3.29. The first kappa shape index (κ1) is 13.5. The number of piperazine rings is 1. The van der Waals surface area contributed by atoms with Crippen LogP contribution in [-0.4, -0.2) is 40.8 Å². The molecular weight excluding hydrogens is 244 g/mol. The van der Waals surface area contributed by atoms with E-state index in [9.17, 15) is 9.59 Å². The van der Waals surface area contributed by atoms with Gasteiger partial charge in [-0.3, -0.25) is 19.8 Å². The molecule has 0 bridgehead atoms. The monoisotopic (exact) mass is 262 g/mol. The van der Waals surface area contributed by atoms with E-state index in [1.165, 1.54) is 0 Å². The Labute approximate surface area is 112 Å². The summed E-state index contributed by atoms with van der Waals surface area (Å²) < 4.78 is 0. The Bertz CT molecular complexity index is 489. The average molecular weight is 262 g/mol. The van der Waals surface area contributed by atoms with Crippen LogP contribution in [0.1, 0.15) is 19.5 Å². The predicted octanol–water partition coefficient (Wildman–Crippen LogP) is 0.360. The molecule has 0 spiro atoms. The molecule has 0 saturated carbocycles. The average Bonchev–Trinajstić information content (AvgIpc) is 2.36. The van der Waals surface area contributed by atoms with Crippen LogP contribution in [0.2, 0.25) is 0 Å². The summed E-state index contributed by atoms with van der Waals surface area (Å²) in [6, 6.07) is 5.38. The minimum Gasteiger partial charge on any atom is -0.370 e. The molecule has 102 valence electrons. The topological polar surface area (TPSA) is 74.3 Å². The van der Waals surface area contributed by atoms with Crippen molar-refractivity contribution in [3.8, 4) is 0 Å². The van der Waals surface area contributed by atoms with Crippen molar-refractivity contribution in [3.63, 3.8) is 0 Å². The number of amides is 2. The Hall–Kier alpha value is -1.95. The van der Waals surface area contributed by atoms with Crippen molar-refractivity contribution in [2.24, 2.45) is 0 Å². The van der Waals surface area contributed by atoms with E-state index >= 15 is 0 Å². The number of anilines is 1. The molecule has 1 fully saturated rings. The smallest absolute Gasteiger partial charge is 0.243 e. The number of pyridine rings is 1. The summed E-state index contributed by atoms with van der Waals surface area (Å²) in [5, 5.41) is 5.46. The van der Waals surface area contributed by atoms with Crippen LogP contribution in [0.5, 0.6) is 0 Å². The number of rotatable bonds is 4. The Morgan fingerprint density at radius 2 is 2.26 bits per heavy atom. The minimum atomic E-state index is -0.317. The number of nitrogens with zero attached hydrogens (tertiary/aromatic N) is 2. The molecule has 0 aromatic carbocycles. The Morgan fingerprint density at radius 1 is 1.47 bits per heavy atom. The molecule has 2 rings (SSSR count). The third-order valence-electron chi connectivity index (χ3n) is 3.07. The molecule has 2 amide bonds. The zero-order chi connectivity index (χ0) is 13.8. The standard InChI is InChI=1S/C13H18N4O2/c1-3-14-11-6-4-5-10(15-11)7-17-8-12(18)16-13(19)9(17)2/h4-6,9H,3,7-8H2,1-2H3,(H,14,15)(H,16,18,19). The quantitative estimate of drug-likeness (QED) is 0.766. The summed E-state index contributed by atoms with van der Waals surface area (Å²) in [6.45, 7) is 5.30. The van der Waals surface area contributed by atoms with Crippen LogP contribution in [-0.2, 0) is 16.1 Å². The van der Waals surface area contributed by atoms with Gasteiger partial charge in [-0.05, 0) is 26.0 Å². The highest BCUT2D eigenvalue weighted by Crippen LogP contribution is 2.11. The lowest BCUT2D eigenvalue weighted by Gasteiger charge is -2.31. The number of hydrogen-bond donors (Lipinski definition) is 2. The lowest BCUT2D eigenvalue weighted by atomic mass is 10.2. The lowest BCUT2D eigenvalue weighted by molar-refractivity contribution is -0.139. The van der Waals surface area contributed by atoms with E-state index in [2.05, 4.69) is 15.6 Å². The molecule has 1 saturated heterocycles. The van der Waals surface area contributed by atoms with Crippen LogP contribution in [0, 0.1) is 0 Å². The number of hydrogen-bond acceptors (Lipinski definition) is 5. The molecular formula is C13H18N4O2. The van der Waals surface area contributed by atoms with Gasteiger partial charge in [-0.2, -0.15) is 0 Å². The number of imide groups is 1. The summed E-state index contributed by atoms with van der Waals surface area (Å²) in [7, 11) is 0. The zero-order valence-electron chi connectivity index (χ0n) is 11.1. The van der Waals surface area contributed by atoms with Gasteiger partial charge in [0.15, 0.2) is 0 Å². The second-order valence-corrected chi connectivity index (χ2v) is 4.54. The number of aromatic nitrogens is 1. The van der Waals surface area contributed by atoms with Crippen molar-refractivity contribution in [3.05, 3.63) is 23.9 Å². The van der Waals surface area contributed by atoms with Crippen molar-refractivity contribution < 1.29 is 9.59 Å². The van der Waals surface area contributed by atoms with E-state index in [0.29, 0.717) is 6.54 Å². The summed E-state index contributed by atoms with van der Waals surface area (Å²) in [6.07, 6.45) is 0. The van der Waals surface area contributed by atoms with Gasteiger partial charge in [-0.25, -0.2) is 4.98 Å². The maximum Gasteiger partial charge on any atom is 0.243 e. The van der Waals surface area contributed by atoms with Gasteiger partial charge in [0.2, 0.25) is 11.8 Å². The Balaban J connectivity index is 2.09. The second-order valence-electron chi connectivity index (χ2n) is 4.54. The molecule has 0 aliphatic carbocycles. The minimum absolute atomic E-state index is 0.222. The summed E-state index contributed by atoms with van der Waals surface area (Å²) in [5.74, 6) is 0.297. The van der Waals surface area contributed by atoms with E-state index in [1.807, 2.05) is 30.0 Å². The fourth-order valence-electron chi connectivity index (χ4n) is 2.02. The van der Waals surface area contributed by atoms with Crippen LogP contribution in [0.25, 0.3) is 0 Å². The van der Waals surface area contributed by atoms with Gasteiger partial charge in [0.1, 0.15) is 5.82 Å². The first-order valence-electron chi connectivity index (χ1n) is 6.37. The van der Waals surface area contributed by atoms with Crippen molar-refractivity contribution in [2.45, 2.75) is 26.4 Å². The lowest BCUT2D eigenvalue weighted by Crippen LogP contribution is -2.56. The number of nitrogens with one attached hydrogen (secondary N) is 2. The molecule has 2 N–H and O–H groups in total. The molecule has 6 heteroatoms. The summed E-state index contributed by atoms with van der Waals surface area (Å²) in [5.41, 5.74) is 0.841. The van der Waals surface area contributed by atoms with Crippen LogP contribution in [0.15, 0.2) is 18.2 Å². The second kappa shape index (κ2) is 5.79. The van der Waals surface area contributed by atoms with E-state index < -0.39 is 0 Å². The first-order chi connectivity index (χ1) is 9.10. The van der Waals surface area contributed by atoms with E-state index in [4.69, 9.17) is 0 Å². The van der Waals surface area contributed by atoms with Gasteiger partial charge >= 0.3 is 0 Å². The maximum absolute atomic E-state index is 11.6. The summed E-state index contributed by atoms with van der Waals surface area (Å²) in [4.78, 5) is 29.2. The summed E-state index contributed by atoms with van der Waals surface area (Å²) >= 11 is 0. The van der Waals surface area contributed by atoms with Crippen LogP contribution < -0.4 is 10.6 Å². The normalized spacial score (nSPS) is 20.2. The molecule has 0 radical (unpaired) electrons. The van der Waals surface area contributed by atoms with Crippen molar-refractivity contribution in [1.82, 2.24) is 15.2 Å². The zero-order valence-corrected chi connectivity index (χ0v) is 11.1. The molecule has 2 heterocycles. The van der Waals surface area contributed by atoms with E-state index in [1.54, 1.807) is 6.92 Å². The highest BCUT2D eigenvalue weighted by Gasteiger charge is 2.30. The van der Waals surface area contributed by atoms with E-state index in [0.717, 1.165) is 18.1 Å². The van der Waals surface area contributed by atoms with Crippen molar-refractivity contribution in [2.75, 3.05) is 18.4 Å². The molecule has 1 aliphatic rings. The molecule has 6 nitrogen and oxygen atoms in total.